The number of hydrogen-bond acceptors (Lipinski definition) is 4. The van der Waals surface area contributed by atoms with Crippen molar-refractivity contribution in [3.63, 3.8) is 0 Å². The van der Waals surface area contributed by atoms with Crippen molar-refractivity contribution in [3.8, 4) is 0 Å². The van der Waals surface area contributed by atoms with E-state index in [0.29, 0.717) is 12.5 Å². The summed E-state index contributed by atoms with van der Waals surface area (Å²) >= 11 is 1.68. The summed E-state index contributed by atoms with van der Waals surface area (Å²) in [5.74, 6) is 0.642. The first-order valence-electron chi connectivity index (χ1n) is 7.89. The molecule has 2 N–H and O–H groups in total. The molecule has 0 bridgehead atoms. The van der Waals surface area contributed by atoms with Crippen LogP contribution >= 0.6 is 35.3 Å². The molecule has 130 valence electrons. The van der Waals surface area contributed by atoms with E-state index >= 15 is 0 Å². The maximum absolute atomic E-state index is 6.18. The van der Waals surface area contributed by atoms with Crippen LogP contribution < -0.4 is 10.6 Å². The second-order valence-electron chi connectivity index (χ2n) is 5.89. The third-order valence-corrected chi connectivity index (χ3v) is 5.04. The van der Waals surface area contributed by atoms with Crippen LogP contribution in [-0.2, 0) is 6.54 Å². The molecule has 0 unspecified atom stereocenters. The van der Waals surface area contributed by atoms with E-state index < -0.39 is 0 Å². The number of benzene rings is 1. The molecule has 0 spiro atoms. The predicted octanol–water partition coefficient (Wildman–Crippen LogP) is 3.01. The number of guanidine groups is 1. The highest BCUT2D eigenvalue weighted by atomic mass is 127. The average molecular weight is 457 g/mol. The van der Waals surface area contributed by atoms with Gasteiger partial charge in [0.25, 0.3) is 0 Å². The van der Waals surface area contributed by atoms with Crippen molar-refractivity contribution < 1.29 is 0 Å². The van der Waals surface area contributed by atoms with Gasteiger partial charge in [0.15, 0.2) is 11.1 Å². The molecule has 0 aliphatic carbocycles. The van der Waals surface area contributed by atoms with Crippen LogP contribution in [0.4, 0.5) is 5.13 Å². The maximum atomic E-state index is 6.18. The SMILES string of the molecule is Cc1ccc(CN=C(N)N2CCN(c3nccs3)CC2)c(C)c1.I. The fourth-order valence-corrected chi connectivity index (χ4v) is 3.49. The molecule has 0 atom stereocenters. The van der Waals surface area contributed by atoms with Crippen molar-refractivity contribution in [2.75, 3.05) is 31.1 Å². The van der Waals surface area contributed by atoms with E-state index in [1.165, 1.54) is 16.7 Å². The molecule has 1 aromatic carbocycles. The van der Waals surface area contributed by atoms with Gasteiger partial charge < -0.3 is 15.5 Å². The first-order valence-corrected chi connectivity index (χ1v) is 8.77. The monoisotopic (exact) mass is 457 g/mol. The Hall–Kier alpha value is -1.35. The summed E-state index contributed by atoms with van der Waals surface area (Å²) in [5.41, 5.74) is 9.97. The van der Waals surface area contributed by atoms with Crippen LogP contribution in [0.3, 0.4) is 0 Å². The minimum absolute atomic E-state index is 0. The molecular formula is C17H24IN5S. The first-order chi connectivity index (χ1) is 11.1. The fourth-order valence-electron chi connectivity index (χ4n) is 2.79. The minimum atomic E-state index is 0. The van der Waals surface area contributed by atoms with Crippen LogP contribution in [0.25, 0.3) is 0 Å². The summed E-state index contributed by atoms with van der Waals surface area (Å²) in [6, 6.07) is 6.45. The molecule has 2 heterocycles. The lowest BCUT2D eigenvalue weighted by molar-refractivity contribution is 0.380. The molecule has 2 aromatic rings. The fraction of sp³-hybridized carbons (Fsp3) is 0.412. The van der Waals surface area contributed by atoms with Crippen molar-refractivity contribution in [2.45, 2.75) is 20.4 Å². The number of thiazole rings is 1. The molecule has 1 fully saturated rings. The van der Waals surface area contributed by atoms with E-state index in [-0.39, 0.29) is 24.0 Å². The van der Waals surface area contributed by atoms with Crippen LogP contribution in [0.15, 0.2) is 34.8 Å². The standard InChI is InChI=1S/C17H23N5S.HI/c1-13-3-4-15(14(2)11-13)12-20-16(18)21-6-8-22(9-7-21)17-19-5-10-23-17;/h3-5,10-11H,6-9,12H2,1-2H3,(H2,18,20);1H. The number of aryl methyl sites for hydroxylation is 2. The number of aromatic nitrogens is 1. The maximum Gasteiger partial charge on any atom is 0.191 e. The Morgan fingerprint density at radius 1 is 1.25 bits per heavy atom. The van der Waals surface area contributed by atoms with Crippen molar-refractivity contribution in [1.82, 2.24) is 9.88 Å². The number of rotatable bonds is 3. The lowest BCUT2D eigenvalue weighted by Crippen LogP contribution is -2.51. The number of aliphatic imine (C=N–C) groups is 1. The number of anilines is 1. The zero-order valence-corrected chi connectivity index (χ0v) is 17.3. The van der Waals surface area contributed by atoms with Gasteiger partial charge in [0.1, 0.15) is 0 Å². The summed E-state index contributed by atoms with van der Waals surface area (Å²) in [7, 11) is 0. The van der Waals surface area contributed by atoms with Crippen LogP contribution in [-0.4, -0.2) is 42.0 Å². The molecule has 1 saturated heterocycles. The van der Waals surface area contributed by atoms with Gasteiger partial charge in [-0.1, -0.05) is 23.8 Å². The summed E-state index contributed by atoms with van der Waals surface area (Å²) < 4.78 is 0. The van der Waals surface area contributed by atoms with Crippen LogP contribution in [0.5, 0.6) is 0 Å². The highest BCUT2D eigenvalue weighted by Crippen LogP contribution is 2.19. The van der Waals surface area contributed by atoms with Gasteiger partial charge in [-0.25, -0.2) is 9.98 Å². The lowest BCUT2D eigenvalue weighted by Gasteiger charge is -2.35. The van der Waals surface area contributed by atoms with Gasteiger partial charge in [-0.3, -0.25) is 0 Å². The lowest BCUT2D eigenvalue weighted by atomic mass is 10.1. The topological polar surface area (TPSA) is 57.8 Å². The van der Waals surface area contributed by atoms with E-state index in [2.05, 4.69) is 51.8 Å². The minimum Gasteiger partial charge on any atom is -0.370 e. The van der Waals surface area contributed by atoms with Gasteiger partial charge in [-0.2, -0.15) is 0 Å². The predicted molar refractivity (Wildman–Crippen MR) is 113 cm³/mol. The smallest absolute Gasteiger partial charge is 0.191 e. The van der Waals surface area contributed by atoms with Gasteiger partial charge in [0, 0.05) is 37.8 Å². The number of piperazine rings is 1. The second kappa shape index (κ2) is 8.66. The molecule has 0 radical (unpaired) electrons. The van der Waals surface area contributed by atoms with Gasteiger partial charge in [0.05, 0.1) is 6.54 Å². The molecule has 3 rings (SSSR count). The Kier molecular flexibility index (Phi) is 6.85. The molecule has 0 saturated carbocycles. The summed E-state index contributed by atoms with van der Waals surface area (Å²) in [6.07, 6.45) is 1.85. The third kappa shape index (κ3) is 4.60. The van der Waals surface area contributed by atoms with Crippen molar-refractivity contribution in [3.05, 3.63) is 46.5 Å². The zero-order valence-electron chi connectivity index (χ0n) is 14.1. The average Bonchev–Trinajstić information content (AvgIpc) is 3.08. The normalized spacial score (nSPS) is 15.3. The highest BCUT2D eigenvalue weighted by Gasteiger charge is 2.19. The second-order valence-corrected chi connectivity index (χ2v) is 6.77. The molecule has 1 aliphatic rings. The van der Waals surface area contributed by atoms with Gasteiger partial charge in [-0.15, -0.1) is 35.3 Å². The van der Waals surface area contributed by atoms with Crippen LogP contribution in [0.2, 0.25) is 0 Å². The molecule has 24 heavy (non-hydrogen) atoms. The van der Waals surface area contributed by atoms with Crippen LogP contribution in [0.1, 0.15) is 16.7 Å². The molecule has 1 aromatic heterocycles. The van der Waals surface area contributed by atoms with E-state index in [4.69, 9.17) is 5.73 Å². The summed E-state index contributed by atoms with van der Waals surface area (Å²) in [4.78, 5) is 13.4. The molecule has 0 amide bonds. The number of nitrogens with zero attached hydrogens (tertiary/aromatic N) is 4. The number of halogens is 1. The third-order valence-electron chi connectivity index (χ3n) is 4.20. The number of hydrogen-bond donors (Lipinski definition) is 1. The summed E-state index contributed by atoms with van der Waals surface area (Å²) in [6.45, 7) is 8.53. The van der Waals surface area contributed by atoms with Gasteiger partial charge in [0.2, 0.25) is 0 Å². The van der Waals surface area contributed by atoms with Gasteiger partial charge >= 0.3 is 0 Å². The Morgan fingerprint density at radius 3 is 2.62 bits per heavy atom. The Morgan fingerprint density at radius 2 is 2.00 bits per heavy atom. The Labute approximate surface area is 164 Å². The highest BCUT2D eigenvalue weighted by molar-refractivity contribution is 14.0. The molecule has 7 heteroatoms. The van der Waals surface area contributed by atoms with E-state index in [1.807, 2.05) is 11.6 Å². The quantitative estimate of drug-likeness (QED) is 0.438. The Bertz CT molecular complexity index is 678. The van der Waals surface area contributed by atoms with E-state index in [9.17, 15) is 0 Å². The van der Waals surface area contributed by atoms with E-state index in [0.717, 1.165) is 31.3 Å². The van der Waals surface area contributed by atoms with Crippen molar-refractivity contribution in [2.24, 2.45) is 10.7 Å². The molecule has 5 nitrogen and oxygen atoms in total. The largest absolute Gasteiger partial charge is 0.370 e. The van der Waals surface area contributed by atoms with Crippen molar-refractivity contribution in [1.29, 1.82) is 0 Å². The van der Waals surface area contributed by atoms with E-state index in [1.54, 1.807) is 11.3 Å². The molecule has 1 aliphatic heterocycles. The van der Waals surface area contributed by atoms with Crippen molar-refractivity contribution >= 4 is 46.4 Å². The zero-order chi connectivity index (χ0) is 16.2. The van der Waals surface area contributed by atoms with Gasteiger partial charge in [-0.05, 0) is 25.0 Å². The first kappa shape index (κ1) is 19.0. The summed E-state index contributed by atoms with van der Waals surface area (Å²) in [5, 5.41) is 3.11. The molecular weight excluding hydrogens is 433 g/mol. The Balaban J connectivity index is 0.00000208. The van der Waals surface area contributed by atoms with Crippen LogP contribution in [0, 0.1) is 13.8 Å². The number of nitrogens with two attached hydrogens (primary N) is 1.